The lowest BCUT2D eigenvalue weighted by Crippen LogP contribution is -2.41. The zero-order chi connectivity index (χ0) is 12.0. The summed E-state index contributed by atoms with van der Waals surface area (Å²) in [7, 11) is 0. The van der Waals surface area contributed by atoms with E-state index >= 15 is 0 Å². The Morgan fingerprint density at radius 3 is 2.88 bits per heavy atom. The van der Waals surface area contributed by atoms with E-state index in [1.54, 1.807) is 10.7 Å². The van der Waals surface area contributed by atoms with Crippen molar-refractivity contribution in [3.63, 3.8) is 0 Å². The van der Waals surface area contributed by atoms with Crippen LogP contribution in [-0.4, -0.2) is 20.5 Å². The zero-order valence-corrected chi connectivity index (χ0v) is 10.7. The second kappa shape index (κ2) is 3.78. The van der Waals surface area contributed by atoms with E-state index < -0.39 is 5.60 Å². The smallest absolute Gasteiger partial charge is 0.139 e. The summed E-state index contributed by atoms with van der Waals surface area (Å²) < 4.78 is 15.5. The monoisotopic (exact) mass is 298 g/mol. The molecule has 1 saturated carbocycles. The van der Waals surface area contributed by atoms with E-state index in [0.717, 1.165) is 24.6 Å². The number of hydrogen-bond acceptors (Lipinski definition) is 2. The summed E-state index contributed by atoms with van der Waals surface area (Å²) in [5.41, 5.74) is 0.00582. The number of benzene rings is 1. The van der Waals surface area contributed by atoms with Gasteiger partial charge < -0.3 is 5.11 Å². The first kappa shape index (κ1) is 11.2. The molecule has 0 aliphatic heterocycles. The predicted octanol–water partition coefficient (Wildman–Crippen LogP) is 2.85. The maximum Gasteiger partial charge on any atom is 0.139 e. The molecule has 3 rings (SSSR count). The fraction of sp³-hybridized carbons (Fsp3) is 0.417. The summed E-state index contributed by atoms with van der Waals surface area (Å²) in [6.45, 7) is 0.487. The first-order chi connectivity index (χ1) is 8.06. The number of nitrogens with zero attached hydrogens (tertiary/aromatic N) is 2. The van der Waals surface area contributed by atoms with Gasteiger partial charge in [-0.25, -0.2) is 4.39 Å². The van der Waals surface area contributed by atoms with Crippen LogP contribution >= 0.6 is 15.9 Å². The van der Waals surface area contributed by atoms with E-state index in [9.17, 15) is 9.50 Å². The second-order valence-corrected chi connectivity index (χ2v) is 5.58. The molecule has 0 radical (unpaired) electrons. The van der Waals surface area contributed by atoms with Crippen molar-refractivity contribution >= 4 is 26.8 Å². The van der Waals surface area contributed by atoms with Crippen molar-refractivity contribution < 1.29 is 9.50 Å². The second-order valence-electron chi connectivity index (χ2n) is 4.73. The van der Waals surface area contributed by atoms with E-state index in [-0.39, 0.29) is 5.82 Å². The van der Waals surface area contributed by atoms with Gasteiger partial charge in [-0.1, -0.05) is 0 Å². The van der Waals surface area contributed by atoms with E-state index in [1.807, 2.05) is 6.20 Å². The van der Waals surface area contributed by atoms with Gasteiger partial charge in [0, 0.05) is 17.6 Å². The van der Waals surface area contributed by atoms with Gasteiger partial charge in [0.15, 0.2) is 0 Å². The molecule has 0 unspecified atom stereocenters. The van der Waals surface area contributed by atoms with Crippen LogP contribution in [0.4, 0.5) is 4.39 Å². The molecular weight excluding hydrogens is 287 g/mol. The molecule has 0 bridgehead atoms. The molecule has 1 heterocycles. The molecular formula is C12H12BrFN2O. The van der Waals surface area contributed by atoms with E-state index in [0.29, 0.717) is 16.5 Å². The maximum absolute atomic E-state index is 13.3. The molecule has 1 aromatic carbocycles. The Morgan fingerprint density at radius 1 is 1.47 bits per heavy atom. The summed E-state index contributed by atoms with van der Waals surface area (Å²) in [6, 6.07) is 3.11. The van der Waals surface area contributed by atoms with Crippen molar-refractivity contribution in [2.24, 2.45) is 0 Å². The standard InChI is InChI=1S/C12H12BrFN2O/c13-9-4-8-6-16(7-12(17)2-1-3-12)15-11(8)5-10(9)14/h4-6,17H,1-3,7H2. The Balaban J connectivity index is 1.96. The van der Waals surface area contributed by atoms with Crippen LogP contribution < -0.4 is 0 Å². The number of hydrogen-bond donors (Lipinski definition) is 1. The van der Waals surface area contributed by atoms with Crippen molar-refractivity contribution in [2.75, 3.05) is 0 Å². The van der Waals surface area contributed by atoms with Gasteiger partial charge in [0.2, 0.25) is 0 Å². The van der Waals surface area contributed by atoms with Crippen LogP contribution in [0.3, 0.4) is 0 Å². The van der Waals surface area contributed by atoms with E-state index in [2.05, 4.69) is 21.0 Å². The average Bonchev–Trinajstić information content (AvgIpc) is 2.58. The Hall–Kier alpha value is -0.940. The molecule has 1 fully saturated rings. The summed E-state index contributed by atoms with van der Waals surface area (Å²) in [4.78, 5) is 0. The van der Waals surface area contributed by atoms with E-state index in [4.69, 9.17) is 0 Å². The fourth-order valence-electron chi connectivity index (χ4n) is 2.20. The minimum atomic E-state index is -0.613. The van der Waals surface area contributed by atoms with Gasteiger partial charge >= 0.3 is 0 Å². The lowest BCUT2D eigenvalue weighted by molar-refractivity contribution is -0.0496. The van der Waals surface area contributed by atoms with Gasteiger partial charge in [-0.3, -0.25) is 4.68 Å². The molecule has 0 spiro atoms. The zero-order valence-electron chi connectivity index (χ0n) is 9.16. The SMILES string of the molecule is OC1(Cn2cc3cc(Br)c(F)cc3n2)CCC1. The van der Waals surface area contributed by atoms with Crippen LogP contribution in [0.15, 0.2) is 22.8 Å². The summed E-state index contributed by atoms with van der Waals surface area (Å²) in [5, 5.41) is 15.2. The largest absolute Gasteiger partial charge is 0.388 e. The van der Waals surface area contributed by atoms with Crippen LogP contribution in [0.25, 0.3) is 10.9 Å². The molecule has 0 atom stereocenters. The lowest BCUT2D eigenvalue weighted by Gasteiger charge is -2.36. The highest BCUT2D eigenvalue weighted by molar-refractivity contribution is 9.10. The third kappa shape index (κ3) is 1.98. The highest BCUT2D eigenvalue weighted by Gasteiger charge is 2.35. The fourth-order valence-corrected chi connectivity index (χ4v) is 2.56. The lowest BCUT2D eigenvalue weighted by atomic mass is 9.80. The van der Waals surface area contributed by atoms with Crippen molar-refractivity contribution in [1.82, 2.24) is 9.78 Å². The molecule has 1 aliphatic carbocycles. The molecule has 17 heavy (non-hydrogen) atoms. The number of halogens is 2. The van der Waals surface area contributed by atoms with Crippen molar-refractivity contribution in [3.8, 4) is 0 Å². The Morgan fingerprint density at radius 2 is 2.24 bits per heavy atom. The first-order valence-corrected chi connectivity index (χ1v) is 6.40. The van der Waals surface area contributed by atoms with Crippen LogP contribution in [-0.2, 0) is 6.54 Å². The van der Waals surface area contributed by atoms with Crippen molar-refractivity contribution in [3.05, 3.63) is 28.6 Å². The first-order valence-electron chi connectivity index (χ1n) is 5.60. The molecule has 3 nitrogen and oxygen atoms in total. The van der Waals surface area contributed by atoms with Crippen molar-refractivity contribution in [2.45, 2.75) is 31.4 Å². The van der Waals surface area contributed by atoms with Gasteiger partial charge in [-0.05, 0) is 41.3 Å². The van der Waals surface area contributed by atoms with Gasteiger partial charge in [-0.2, -0.15) is 5.10 Å². The molecule has 1 aliphatic rings. The minimum absolute atomic E-state index is 0.315. The molecule has 90 valence electrons. The van der Waals surface area contributed by atoms with E-state index in [1.165, 1.54) is 6.07 Å². The highest BCUT2D eigenvalue weighted by atomic mass is 79.9. The molecule has 5 heteroatoms. The van der Waals surface area contributed by atoms with Gasteiger partial charge in [-0.15, -0.1) is 0 Å². The maximum atomic E-state index is 13.3. The Kier molecular flexibility index (Phi) is 2.48. The molecule has 1 N–H and O–H groups in total. The van der Waals surface area contributed by atoms with Crippen LogP contribution in [0.2, 0.25) is 0 Å². The van der Waals surface area contributed by atoms with Crippen LogP contribution in [0.5, 0.6) is 0 Å². The topological polar surface area (TPSA) is 38.0 Å². The Bertz CT molecular complexity index is 538. The molecule has 2 aromatic rings. The molecule has 1 aromatic heterocycles. The van der Waals surface area contributed by atoms with Crippen LogP contribution in [0.1, 0.15) is 19.3 Å². The number of fused-ring (bicyclic) bond motifs is 1. The number of aliphatic hydroxyl groups is 1. The number of aromatic nitrogens is 2. The van der Waals surface area contributed by atoms with Crippen LogP contribution in [0, 0.1) is 5.82 Å². The third-order valence-corrected chi connectivity index (χ3v) is 3.94. The summed E-state index contributed by atoms with van der Waals surface area (Å²) in [6.07, 6.45) is 4.55. The molecule has 0 saturated heterocycles. The van der Waals surface area contributed by atoms with Crippen molar-refractivity contribution in [1.29, 1.82) is 0 Å². The van der Waals surface area contributed by atoms with Gasteiger partial charge in [0.05, 0.1) is 22.1 Å². The van der Waals surface area contributed by atoms with Gasteiger partial charge in [0.1, 0.15) is 5.82 Å². The number of rotatable bonds is 2. The average molecular weight is 299 g/mol. The quantitative estimate of drug-likeness (QED) is 0.926. The third-order valence-electron chi connectivity index (χ3n) is 3.33. The predicted molar refractivity (Wildman–Crippen MR) is 66.2 cm³/mol. The summed E-state index contributed by atoms with van der Waals surface area (Å²) in [5.74, 6) is -0.315. The normalized spacial score (nSPS) is 18.3. The minimum Gasteiger partial charge on any atom is -0.388 e. The summed E-state index contributed by atoms with van der Waals surface area (Å²) >= 11 is 3.15. The highest BCUT2D eigenvalue weighted by Crippen LogP contribution is 2.33. The van der Waals surface area contributed by atoms with Gasteiger partial charge in [0.25, 0.3) is 0 Å². The Labute approximate surface area is 106 Å². The molecule has 0 amide bonds.